The van der Waals surface area contributed by atoms with Gasteiger partial charge in [-0.3, -0.25) is 0 Å². The van der Waals surface area contributed by atoms with Crippen molar-refractivity contribution in [1.29, 1.82) is 0 Å². The molecule has 0 aliphatic carbocycles. The van der Waals surface area contributed by atoms with Gasteiger partial charge in [-0.25, -0.2) is 0 Å². The van der Waals surface area contributed by atoms with Crippen LogP contribution in [0.4, 0.5) is 0 Å². The largest absolute Gasteiger partial charge is 0.381 e. The number of rotatable bonds is 33. The van der Waals surface area contributed by atoms with Gasteiger partial charge in [0.25, 0.3) is 0 Å². The molecule has 0 spiro atoms. The molecule has 0 radical (unpaired) electrons. The van der Waals surface area contributed by atoms with Gasteiger partial charge in [-0.1, -0.05) is 200 Å². The van der Waals surface area contributed by atoms with Gasteiger partial charge in [-0.15, -0.1) is 0 Å². The third-order valence-corrected chi connectivity index (χ3v) is 8.03. The van der Waals surface area contributed by atoms with Crippen LogP contribution in [0.3, 0.4) is 0 Å². The van der Waals surface area contributed by atoms with Gasteiger partial charge in [0.15, 0.2) is 0 Å². The van der Waals surface area contributed by atoms with Crippen LogP contribution < -0.4 is 0 Å². The summed E-state index contributed by atoms with van der Waals surface area (Å²) < 4.78 is 5.83. The first kappa shape index (κ1) is 36.0. The van der Waals surface area contributed by atoms with Crippen molar-refractivity contribution in [2.45, 2.75) is 213 Å². The van der Waals surface area contributed by atoms with Crippen LogP contribution in [-0.4, -0.2) is 13.2 Å². The lowest BCUT2D eigenvalue weighted by atomic mass is 10.0. The summed E-state index contributed by atoms with van der Waals surface area (Å²) in [6.07, 6.45) is 44.6. The Balaban J connectivity index is 3.00. The van der Waals surface area contributed by atoms with Crippen LogP contribution in [0.1, 0.15) is 213 Å². The second kappa shape index (κ2) is 35.0. The molecule has 0 atom stereocenters. The van der Waals surface area contributed by atoms with Crippen LogP contribution >= 0.6 is 0 Å². The second-order valence-electron chi connectivity index (χ2n) is 11.9. The molecule has 0 heterocycles. The van der Waals surface area contributed by atoms with Gasteiger partial charge in [0.05, 0.1) is 0 Å². The highest BCUT2D eigenvalue weighted by molar-refractivity contribution is 4.52. The van der Waals surface area contributed by atoms with Gasteiger partial charge in [0, 0.05) is 13.2 Å². The van der Waals surface area contributed by atoms with Crippen molar-refractivity contribution in [3.8, 4) is 0 Å². The van der Waals surface area contributed by atoms with E-state index in [0.29, 0.717) is 0 Å². The molecule has 0 N–H and O–H groups in total. The Kier molecular flexibility index (Phi) is 34.9. The predicted octanol–water partition coefficient (Wildman–Crippen LogP) is 13.1. The average Bonchev–Trinajstić information content (AvgIpc) is 2.89. The first-order chi connectivity index (χ1) is 17.9. The fraction of sp³-hybridized carbons (Fsp3) is 1.00. The number of unbranched alkanes of at least 4 members (excludes halogenated alkanes) is 29. The summed E-state index contributed by atoms with van der Waals surface area (Å²) in [5.74, 6) is 0. The Morgan fingerprint density at radius 3 is 0.583 bits per heavy atom. The smallest absolute Gasteiger partial charge is 0.0466 e. The fourth-order valence-electron chi connectivity index (χ4n) is 5.43. The third kappa shape index (κ3) is 34.0. The van der Waals surface area contributed by atoms with Crippen LogP contribution in [0.5, 0.6) is 0 Å². The highest BCUT2D eigenvalue weighted by Gasteiger charge is 1.97. The second-order valence-corrected chi connectivity index (χ2v) is 11.9. The Hall–Kier alpha value is -0.0400. The van der Waals surface area contributed by atoms with Crippen molar-refractivity contribution in [2.75, 3.05) is 13.2 Å². The average molecular weight is 509 g/mol. The predicted molar refractivity (Wildman–Crippen MR) is 165 cm³/mol. The van der Waals surface area contributed by atoms with Crippen molar-refractivity contribution >= 4 is 0 Å². The topological polar surface area (TPSA) is 9.23 Å². The summed E-state index contributed by atoms with van der Waals surface area (Å²) in [5.41, 5.74) is 0. The lowest BCUT2D eigenvalue weighted by Gasteiger charge is -2.05. The number of ether oxygens (including phenoxy) is 1. The zero-order chi connectivity index (χ0) is 26.0. The maximum absolute atomic E-state index is 5.83. The number of hydrogen-bond acceptors (Lipinski definition) is 1. The van der Waals surface area contributed by atoms with Gasteiger partial charge in [0.1, 0.15) is 0 Å². The zero-order valence-corrected chi connectivity index (χ0v) is 25.7. The van der Waals surface area contributed by atoms with Crippen molar-refractivity contribution in [1.82, 2.24) is 0 Å². The fourth-order valence-corrected chi connectivity index (χ4v) is 5.43. The van der Waals surface area contributed by atoms with E-state index in [9.17, 15) is 0 Å². The molecule has 0 unspecified atom stereocenters. The Bertz CT molecular complexity index is 319. The molecule has 1 nitrogen and oxygen atoms in total. The van der Waals surface area contributed by atoms with E-state index in [1.807, 2.05) is 0 Å². The molecule has 0 saturated heterocycles. The molecule has 0 saturated carbocycles. The van der Waals surface area contributed by atoms with E-state index in [1.54, 1.807) is 0 Å². The van der Waals surface area contributed by atoms with Gasteiger partial charge in [-0.2, -0.15) is 0 Å². The minimum absolute atomic E-state index is 0.994. The Morgan fingerprint density at radius 2 is 0.389 bits per heavy atom. The summed E-state index contributed by atoms with van der Waals surface area (Å²) in [5, 5.41) is 0. The van der Waals surface area contributed by atoms with E-state index in [0.717, 1.165) is 13.2 Å². The van der Waals surface area contributed by atoms with Gasteiger partial charge in [-0.05, 0) is 12.8 Å². The maximum Gasteiger partial charge on any atom is 0.0466 e. The highest BCUT2D eigenvalue weighted by Crippen LogP contribution is 2.15. The molecular weight excluding hydrogens is 436 g/mol. The molecule has 0 aromatic rings. The molecule has 1 heteroatoms. The van der Waals surface area contributed by atoms with Crippen molar-refractivity contribution in [3.05, 3.63) is 0 Å². The molecule has 36 heavy (non-hydrogen) atoms. The van der Waals surface area contributed by atoms with E-state index in [1.165, 1.54) is 199 Å². The van der Waals surface area contributed by atoms with Crippen LogP contribution in [0, 0.1) is 0 Å². The first-order valence-electron chi connectivity index (χ1n) is 17.5. The summed E-state index contributed by atoms with van der Waals surface area (Å²) in [6.45, 7) is 6.59. The molecule has 218 valence electrons. The molecule has 0 amide bonds. The summed E-state index contributed by atoms with van der Waals surface area (Å²) in [6, 6.07) is 0. The summed E-state index contributed by atoms with van der Waals surface area (Å²) in [7, 11) is 0. The molecular formula is C35H72O. The summed E-state index contributed by atoms with van der Waals surface area (Å²) in [4.78, 5) is 0. The third-order valence-electron chi connectivity index (χ3n) is 8.03. The standard InChI is InChI=1S/C35H72O/c1-3-5-7-9-11-13-14-15-16-17-18-19-20-21-22-23-24-25-26-27-29-31-33-35-36-34-32-30-28-12-10-8-6-4-2/h3-35H2,1-2H3. The highest BCUT2D eigenvalue weighted by atomic mass is 16.5. The summed E-state index contributed by atoms with van der Waals surface area (Å²) >= 11 is 0. The van der Waals surface area contributed by atoms with E-state index in [-0.39, 0.29) is 0 Å². The lowest BCUT2D eigenvalue weighted by Crippen LogP contribution is -1.97. The molecule has 0 aliphatic rings. The van der Waals surface area contributed by atoms with Gasteiger partial charge in [0.2, 0.25) is 0 Å². The van der Waals surface area contributed by atoms with Crippen LogP contribution in [-0.2, 0) is 4.74 Å². The molecule has 0 bridgehead atoms. The lowest BCUT2D eigenvalue weighted by molar-refractivity contribution is 0.125. The van der Waals surface area contributed by atoms with Crippen molar-refractivity contribution in [3.63, 3.8) is 0 Å². The van der Waals surface area contributed by atoms with Crippen LogP contribution in [0.25, 0.3) is 0 Å². The molecule has 0 aromatic heterocycles. The maximum atomic E-state index is 5.83. The van der Waals surface area contributed by atoms with E-state index < -0.39 is 0 Å². The normalized spacial score (nSPS) is 11.5. The monoisotopic (exact) mass is 509 g/mol. The minimum atomic E-state index is 0.994. The van der Waals surface area contributed by atoms with Crippen molar-refractivity contribution < 1.29 is 4.74 Å². The van der Waals surface area contributed by atoms with Gasteiger partial charge >= 0.3 is 0 Å². The van der Waals surface area contributed by atoms with Gasteiger partial charge < -0.3 is 4.74 Å². The Morgan fingerprint density at radius 1 is 0.222 bits per heavy atom. The molecule has 0 fully saturated rings. The SMILES string of the molecule is CCCCCCCCCCCCCCCCCCCCCCCCCOCCCCCCCCCC. The zero-order valence-electron chi connectivity index (χ0n) is 25.7. The molecule has 0 aromatic carbocycles. The van der Waals surface area contributed by atoms with E-state index in [4.69, 9.17) is 4.74 Å². The Labute approximate surface area is 230 Å². The molecule has 0 aliphatic heterocycles. The quantitative estimate of drug-likeness (QED) is 0.0801. The minimum Gasteiger partial charge on any atom is -0.381 e. The van der Waals surface area contributed by atoms with E-state index >= 15 is 0 Å². The van der Waals surface area contributed by atoms with Crippen LogP contribution in [0.2, 0.25) is 0 Å². The van der Waals surface area contributed by atoms with E-state index in [2.05, 4.69) is 13.8 Å². The number of hydrogen-bond donors (Lipinski definition) is 0. The van der Waals surface area contributed by atoms with Crippen molar-refractivity contribution in [2.24, 2.45) is 0 Å². The van der Waals surface area contributed by atoms with Crippen LogP contribution in [0.15, 0.2) is 0 Å². The molecule has 0 rings (SSSR count). The first-order valence-corrected chi connectivity index (χ1v) is 17.5.